The van der Waals surface area contributed by atoms with Crippen LogP contribution in [0.4, 0.5) is 0 Å². The molecule has 1 amide bonds. The second-order valence-electron chi connectivity index (χ2n) is 9.74. The summed E-state index contributed by atoms with van der Waals surface area (Å²) < 4.78 is 1.65. The fraction of sp³-hybridized carbons (Fsp3) is 0.522. The van der Waals surface area contributed by atoms with Gasteiger partial charge in [-0.05, 0) is 70.8 Å². The van der Waals surface area contributed by atoms with Crippen LogP contribution in [0.15, 0.2) is 30.9 Å². The van der Waals surface area contributed by atoms with E-state index in [2.05, 4.69) is 25.4 Å². The van der Waals surface area contributed by atoms with Crippen molar-refractivity contribution >= 4 is 16.8 Å². The van der Waals surface area contributed by atoms with Gasteiger partial charge in [0.05, 0.1) is 28.6 Å². The molecule has 0 aliphatic heterocycles. The van der Waals surface area contributed by atoms with Crippen LogP contribution in [-0.4, -0.2) is 46.9 Å². The molecule has 0 aromatic carbocycles. The molecule has 3 aliphatic rings. The molecule has 3 saturated carbocycles. The highest BCUT2D eigenvalue weighted by atomic mass is 16.3. The highest BCUT2D eigenvalue weighted by Crippen LogP contribution is 2.57. The molecule has 0 saturated heterocycles. The normalized spacial score (nSPS) is 25.7. The quantitative estimate of drug-likeness (QED) is 0.672. The van der Waals surface area contributed by atoms with E-state index in [1.165, 1.54) is 0 Å². The van der Waals surface area contributed by atoms with E-state index in [-0.39, 0.29) is 16.9 Å². The Bertz CT molecular complexity index is 1120. The second-order valence-corrected chi connectivity index (χ2v) is 9.74. The van der Waals surface area contributed by atoms with Crippen molar-refractivity contribution in [1.29, 1.82) is 0 Å². The van der Waals surface area contributed by atoms with E-state index in [1.807, 2.05) is 26.8 Å². The van der Waals surface area contributed by atoms with E-state index in [1.54, 1.807) is 29.5 Å². The number of aromatic nitrogens is 5. The zero-order chi connectivity index (χ0) is 21.9. The van der Waals surface area contributed by atoms with Gasteiger partial charge in [-0.25, -0.2) is 9.97 Å². The topological polar surface area (TPSA) is 106 Å². The van der Waals surface area contributed by atoms with Gasteiger partial charge in [-0.2, -0.15) is 9.78 Å². The molecule has 0 unspecified atom stereocenters. The van der Waals surface area contributed by atoms with Gasteiger partial charge in [-0.3, -0.25) is 9.78 Å². The lowest BCUT2D eigenvalue weighted by Crippen LogP contribution is -2.61. The number of pyridine rings is 1. The highest BCUT2D eigenvalue weighted by Gasteiger charge is 2.55. The number of carbonyl (C=O) groups is 1. The molecule has 162 valence electrons. The van der Waals surface area contributed by atoms with E-state index in [0.717, 1.165) is 55.1 Å². The fourth-order valence-electron chi connectivity index (χ4n) is 5.42. The first-order chi connectivity index (χ1) is 14.7. The maximum atomic E-state index is 13.0. The van der Waals surface area contributed by atoms with Gasteiger partial charge in [0.2, 0.25) is 0 Å². The summed E-state index contributed by atoms with van der Waals surface area (Å²) in [4.78, 5) is 25.9. The van der Waals surface area contributed by atoms with Gasteiger partial charge < -0.3 is 10.4 Å². The number of hydrogen-bond donors (Lipinski definition) is 2. The maximum Gasteiger partial charge on any atom is 0.254 e. The van der Waals surface area contributed by atoms with Gasteiger partial charge in [0.25, 0.3) is 11.9 Å². The molecule has 0 spiro atoms. The lowest BCUT2D eigenvalue weighted by molar-refractivity contribution is -0.121. The number of nitrogens with one attached hydrogen (secondary N) is 1. The number of aliphatic hydroxyl groups is 1. The van der Waals surface area contributed by atoms with E-state index < -0.39 is 5.60 Å². The molecule has 31 heavy (non-hydrogen) atoms. The fourth-order valence-corrected chi connectivity index (χ4v) is 5.42. The highest BCUT2D eigenvalue weighted by molar-refractivity contribution is 5.94. The standard InChI is InChI=1S/C23H28N6O2/c1-15-17-4-11-24-14-18(17)29(28-15)20-25-12-16(13-26-20)19(30)27-23-8-5-22(6-9-23,7-10-23)21(2,3)31/h4,11-14,31H,5-10H2,1-3H3,(H,27,30). The van der Waals surface area contributed by atoms with Crippen LogP contribution >= 0.6 is 0 Å². The number of nitrogens with zero attached hydrogens (tertiary/aromatic N) is 5. The number of hydrogen-bond acceptors (Lipinski definition) is 6. The monoisotopic (exact) mass is 420 g/mol. The van der Waals surface area contributed by atoms with Gasteiger partial charge in [0, 0.05) is 29.5 Å². The predicted molar refractivity (Wildman–Crippen MR) is 116 cm³/mol. The van der Waals surface area contributed by atoms with Crippen molar-refractivity contribution in [3.63, 3.8) is 0 Å². The molecule has 2 bridgehead atoms. The smallest absolute Gasteiger partial charge is 0.254 e. The minimum Gasteiger partial charge on any atom is -0.390 e. The van der Waals surface area contributed by atoms with E-state index in [4.69, 9.17) is 0 Å². The number of aryl methyl sites for hydroxylation is 1. The van der Waals surface area contributed by atoms with Crippen LogP contribution in [0, 0.1) is 12.3 Å². The van der Waals surface area contributed by atoms with Gasteiger partial charge in [0.15, 0.2) is 0 Å². The molecule has 0 radical (unpaired) electrons. The largest absolute Gasteiger partial charge is 0.390 e. The maximum absolute atomic E-state index is 13.0. The first kappa shape index (κ1) is 20.1. The summed E-state index contributed by atoms with van der Waals surface area (Å²) >= 11 is 0. The molecule has 3 fully saturated rings. The lowest BCUT2D eigenvalue weighted by Gasteiger charge is -2.58. The summed E-state index contributed by atoms with van der Waals surface area (Å²) in [5.41, 5.74) is 1.24. The Labute approximate surface area is 181 Å². The summed E-state index contributed by atoms with van der Waals surface area (Å²) in [6.45, 7) is 5.77. The lowest BCUT2D eigenvalue weighted by atomic mass is 9.52. The van der Waals surface area contributed by atoms with Crippen molar-refractivity contribution in [2.24, 2.45) is 5.41 Å². The third-order valence-electron chi connectivity index (χ3n) is 7.68. The zero-order valence-electron chi connectivity index (χ0n) is 18.2. The van der Waals surface area contributed by atoms with Crippen LogP contribution in [0.5, 0.6) is 0 Å². The number of rotatable bonds is 4. The Balaban J connectivity index is 1.33. The zero-order valence-corrected chi connectivity index (χ0v) is 18.2. The Hall–Kier alpha value is -2.87. The average molecular weight is 421 g/mol. The molecule has 0 atom stereocenters. The van der Waals surface area contributed by atoms with Gasteiger partial charge >= 0.3 is 0 Å². The Morgan fingerprint density at radius 3 is 2.35 bits per heavy atom. The minimum absolute atomic E-state index is 0.0240. The van der Waals surface area contributed by atoms with Crippen LogP contribution in [0.3, 0.4) is 0 Å². The van der Waals surface area contributed by atoms with Crippen LogP contribution in [0.2, 0.25) is 0 Å². The molecular formula is C23H28N6O2. The van der Waals surface area contributed by atoms with Gasteiger partial charge in [-0.1, -0.05) is 0 Å². The van der Waals surface area contributed by atoms with E-state index >= 15 is 0 Å². The van der Waals surface area contributed by atoms with Crippen molar-refractivity contribution in [3.05, 3.63) is 42.1 Å². The van der Waals surface area contributed by atoms with Crippen LogP contribution in [0.25, 0.3) is 16.9 Å². The molecule has 2 N–H and O–H groups in total. The van der Waals surface area contributed by atoms with Crippen molar-refractivity contribution in [1.82, 2.24) is 30.0 Å². The Morgan fingerprint density at radius 2 is 1.74 bits per heavy atom. The predicted octanol–water partition coefficient (Wildman–Crippen LogP) is 3.11. The third kappa shape index (κ3) is 3.20. The number of fused-ring (bicyclic) bond motifs is 4. The first-order valence-electron chi connectivity index (χ1n) is 10.9. The molecule has 3 aliphatic carbocycles. The van der Waals surface area contributed by atoms with Crippen molar-refractivity contribution in [2.75, 3.05) is 0 Å². The minimum atomic E-state index is -0.683. The second kappa shape index (κ2) is 6.82. The molecule has 6 rings (SSSR count). The summed E-state index contributed by atoms with van der Waals surface area (Å²) in [6.07, 6.45) is 12.1. The van der Waals surface area contributed by atoms with Crippen molar-refractivity contribution in [3.8, 4) is 5.95 Å². The van der Waals surface area contributed by atoms with Crippen molar-refractivity contribution in [2.45, 2.75) is 70.4 Å². The summed E-state index contributed by atoms with van der Waals surface area (Å²) in [5.74, 6) is 0.262. The molecule has 8 nitrogen and oxygen atoms in total. The summed E-state index contributed by atoms with van der Waals surface area (Å²) in [5, 5.41) is 19.4. The molecule has 8 heteroatoms. The Morgan fingerprint density at radius 1 is 1.10 bits per heavy atom. The average Bonchev–Trinajstić information content (AvgIpc) is 3.11. The third-order valence-corrected chi connectivity index (χ3v) is 7.68. The van der Waals surface area contributed by atoms with Crippen LogP contribution in [-0.2, 0) is 0 Å². The summed E-state index contributed by atoms with van der Waals surface area (Å²) in [7, 11) is 0. The van der Waals surface area contributed by atoms with Crippen molar-refractivity contribution < 1.29 is 9.90 Å². The van der Waals surface area contributed by atoms with Crippen LogP contribution in [0.1, 0.15) is 68.4 Å². The molecular weight excluding hydrogens is 392 g/mol. The van der Waals surface area contributed by atoms with E-state index in [9.17, 15) is 9.90 Å². The summed E-state index contributed by atoms with van der Waals surface area (Å²) in [6, 6.07) is 1.91. The Kier molecular flexibility index (Phi) is 4.41. The van der Waals surface area contributed by atoms with E-state index in [0.29, 0.717) is 11.5 Å². The molecule has 3 aromatic rings. The molecule has 3 aromatic heterocycles. The SMILES string of the molecule is Cc1nn(-c2ncc(C(=O)NC34CCC(C(C)(C)O)(CC3)CC4)cn2)c2cnccc12. The van der Waals surface area contributed by atoms with Gasteiger partial charge in [-0.15, -0.1) is 0 Å². The number of amides is 1. The molecule has 3 heterocycles. The number of carbonyl (C=O) groups excluding carboxylic acids is 1. The van der Waals surface area contributed by atoms with Gasteiger partial charge in [0.1, 0.15) is 0 Å². The van der Waals surface area contributed by atoms with Crippen LogP contribution < -0.4 is 5.32 Å². The first-order valence-corrected chi connectivity index (χ1v) is 10.9.